The number of halogens is 1. The van der Waals surface area contributed by atoms with Gasteiger partial charge in [-0.1, -0.05) is 26.8 Å². The Morgan fingerprint density at radius 1 is 1.45 bits per heavy atom. The SMILES string of the molecule is CCN(CC(=O)Nc1cccc(I)c1)CC(C)(C)CN. The third-order valence-corrected chi connectivity index (χ3v) is 3.80. The zero-order chi connectivity index (χ0) is 15.2. The number of nitrogens with zero attached hydrogens (tertiary/aromatic N) is 1. The van der Waals surface area contributed by atoms with E-state index in [1.807, 2.05) is 24.3 Å². The van der Waals surface area contributed by atoms with Crippen LogP contribution in [-0.2, 0) is 4.79 Å². The van der Waals surface area contributed by atoms with Crippen molar-refractivity contribution in [1.82, 2.24) is 4.90 Å². The number of hydrogen-bond donors (Lipinski definition) is 2. The summed E-state index contributed by atoms with van der Waals surface area (Å²) in [5, 5.41) is 2.93. The molecule has 0 aliphatic rings. The molecule has 1 aromatic rings. The molecule has 1 amide bonds. The van der Waals surface area contributed by atoms with Gasteiger partial charge in [0.15, 0.2) is 0 Å². The van der Waals surface area contributed by atoms with Crippen molar-refractivity contribution in [3.8, 4) is 0 Å². The van der Waals surface area contributed by atoms with Crippen molar-refractivity contribution in [3.63, 3.8) is 0 Å². The molecular formula is C15H24IN3O. The van der Waals surface area contributed by atoms with Crippen molar-refractivity contribution < 1.29 is 4.79 Å². The molecule has 0 aliphatic heterocycles. The van der Waals surface area contributed by atoms with Crippen LogP contribution in [0.3, 0.4) is 0 Å². The Labute approximate surface area is 135 Å². The third-order valence-electron chi connectivity index (χ3n) is 3.13. The smallest absolute Gasteiger partial charge is 0.238 e. The van der Waals surface area contributed by atoms with E-state index in [-0.39, 0.29) is 11.3 Å². The van der Waals surface area contributed by atoms with Gasteiger partial charge in [0.1, 0.15) is 0 Å². The summed E-state index contributed by atoms with van der Waals surface area (Å²) < 4.78 is 1.11. The largest absolute Gasteiger partial charge is 0.330 e. The molecule has 3 N–H and O–H groups in total. The Morgan fingerprint density at radius 3 is 2.70 bits per heavy atom. The molecule has 4 nitrogen and oxygen atoms in total. The monoisotopic (exact) mass is 389 g/mol. The van der Waals surface area contributed by atoms with E-state index >= 15 is 0 Å². The Morgan fingerprint density at radius 2 is 2.15 bits per heavy atom. The summed E-state index contributed by atoms with van der Waals surface area (Å²) in [5.41, 5.74) is 6.62. The maximum Gasteiger partial charge on any atom is 0.238 e. The number of likely N-dealkylation sites (N-methyl/N-ethyl adjacent to an activating group) is 1. The molecule has 1 rings (SSSR count). The highest BCUT2D eigenvalue weighted by Crippen LogP contribution is 2.15. The van der Waals surface area contributed by atoms with Crippen LogP contribution >= 0.6 is 22.6 Å². The van der Waals surface area contributed by atoms with E-state index < -0.39 is 0 Å². The number of rotatable bonds is 7. The number of anilines is 1. The Bertz CT molecular complexity index is 448. The molecule has 0 bridgehead atoms. The van der Waals surface area contributed by atoms with E-state index in [4.69, 9.17) is 5.73 Å². The lowest BCUT2D eigenvalue weighted by Crippen LogP contribution is -2.42. The van der Waals surface area contributed by atoms with Crippen molar-refractivity contribution >= 4 is 34.2 Å². The van der Waals surface area contributed by atoms with Crippen LogP contribution in [0, 0.1) is 8.99 Å². The molecule has 5 heteroatoms. The number of amides is 1. The van der Waals surface area contributed by atoms with Crippen LogP contribution in [0.25, 0.3) is 0 Å². The van der Waals surface area contributed by atoms with Gasteiger partial charge in [0, 0.05) is 15.8 Å². The standard InChI is InChI=1S/C15H24IN3O/c1-4-19(11-15(2,3)10-17)9-14(20)18-13-7-5-6-12(16)8-13/h5-8H,4,9-11,17H2,1-3H3,(H,18,20). The van der Waals surface area contributed by atoms with Crippen LogP contribution < -0.4 is 11.1 Å². The summed E-state index contributed by atoms with van der Waals surface area (Å²) in [5.74, 6) is 0.0154. The molecule has 112 valence electrons. The summed E-state index contributed by atoms with van der Waals surface area (Å²) in [6.45, 7) is 8.96. The summed E-state index contributed by atoms with van der Waals surface area (Å²) in [4.78, 5) is 14.2. The van der Waals surface area contributed by atoms with Crippen LogP contribution in [0.1, 0.15) is 20.8 Å². The quantitative estimate of drug-likeness (QED) is 0.705. The zero-order valence-corrected chi connectivity index (χ0v) is 14.6. The molecule has 1 aromatic carbocycles. The number of carbonyl (C=O) groups is 1. The second-order valence-electron chi connectivity index (χ2n) is 5.73. The lowest BCUT2D eigenvalue weighted by Gasteiger charge is -2.30. The van der Waals surface area contributed by atoms with Gasteiger partial charge in [0.25, 0.3) is 0 Å². The lowest BCUT2D eigenvalue weighted by molar-refractivity contribution is -0.117. The molecule has 0 saturated carbocycles. The molecule has 0 fully saturated rings. The molecule has 0 atom stereocenters. The maximum absolute atomic E-state index is 12.1. The molecule has 0 unspecified atom stereocenters. The first kappa shape index (κ1) is 17.4. The molecule has 0 saturated heterocycles. The predicted octanol–water partition coefficient (Wildman–Crippen LogP) is 2.54. The Kier molecular flexibility index (Phi) is 6.91. The van der Waals surface area contributed by atoms with Gasteiger partial charge in [-0.3, -0.25) is 9.69 Å². The van der Waals surface area contributed by atoms with Crippen LogP contribution in [0.15, 0.2) is 24.3 Å². The molecule has 0 heterocycles. The molecule has 20 heavy (non-hydrogen) atoms. The number of nitrogens with one attached hydrogen (secondary N) is 1. The summed E-state index contributed by atoms with van der Waals surface area (Å²) in [6.07, 6.45) is 0. The van der Waals surface area contributed by atoms with Gasteiger partial charge in [-0.05, 0) is 59.3 Å². The first-order chi connectivity index (χ1) is 9.36. The summed E-state index contributed by atoms with van der Waals surface area (Å²) in [7, 11) is 0. The number of carbonyl (C=O) groups excluding carboxylic acids is 1. The Balaban J connectivity index is 2.55. The van der Waals surface area contributed by atoms with Gasteiger partial charge in [0.2, 0.25) is 5.91 Å². The molecule has 0 radical (unpaired) electrons. The second kappa shape index (κ2) is 7.95. The summed E-state index contributed by atoms with van der Waals surface area (Å²) >= 11 is 2.23. The highest BCUT2D eigenvalue weighted by molar-refractivity contribution is 14.1. The van der Waals surface area contributed by atoms with E-state index in [0.717, 1.165) is 22.3 Å². The average molecular weight is 389 g/mol. The maximum atomic E-state index is 12.1. The zero-order valence-electron chi connectivity index (χ0n) is 12.4. The van der Waals surface area contributed by atoms with Gasteiger partial charge >= 0.3 is 0 Å². The van der Waals surface area contributed by atoms with Crippen molar-refractivity contribution in [2.24, 2.45) is 11.1 Å². The first-order valence-corrected chi connectivity index (χ1v) is 7.92. The van der Waals surface area contributed by atoms with E-state index in [1.54, 1.807) is 0 Å². The molecule has 0 spiro atoms. The minimum atomic E-state index is 0.0154. The highest BCUT2D eigenvalue weighted by atomic mass is 127. The van der Waals surface area contributed by atoms with E-state index in [2.05, 4.69) is 53.6 Å². The molecular weight excluding hydrogens is 365 g/mol. The van der Waals surface area contributed by atoms with Crippen molar-refractivity contribution in [1.29, 1.82) is 0 Å². The van der Waals surface area contributed by atoms with Gasteiger partial charge in [-0.25, -0.2) is 0 Å². The van der Waals surface area contributed by atoms with Crippen molar-refractivity contribution in [2.45, 2.75) is 20.8 Å². The minimum absolute atomic E-state index is 0.0154. The topological polar surface area (TPSA) is 58.4 Å². The molecule has 0 aromatic heterocycles. The van der Waals surface area contributed by atoms with Crippen LogP contribution in [0.4, 0.5) is 5.69 Å². The van der Waals surface area contributed by atoms with Gasteiger partial charge < -0.3 is 11.1 Å². The van der Waals surface area contributed by atoms with E-state index in [1.165, 1.54) is 0 Å². The fraction of sp³-hybridized carbons (Fsp3) is 0.533. The molecule has 0 aliphatic carbocycles. The number of hydrogen-bond acceptors (Lipinski definition) is 3. The average Bonchev–Trinajstić information content (AvgIpc) is 2.37. The number of benzene rings is 1. The second-order valence-corrected chi connectivity index (χ2v) is 6.98. The van der Waals surface area contributed by atoms with Gasteiger partial charge in [-0.2, -0.15) is 0 Å². The van der Waals surface area contributed by atoms with Crippen LogP contribution in [0.5, 0.6) is 0 Å². The first-order valence-electron chi connectivity index (χ1n) is 6.84. The third kappa shape index (κ3) is 6.19. The highest BCUT2D eigenvalue weighted by Gasteiger charge is 2.20. The minimum Gasteiger partial charge on any atom is -0.330 e. The van der Waals surface area contributed by atoms with Crippen LogP contribution in [0.2, 0.25) is 0 Å². The fourth-order valence-corrected chi connectivity index (χ4v) is 2.46. The van der Waals surface area contributed by atoms with Gasteiger partial charge in [-0.15, -0.1) is 0 Å². The predicted molar refractivity (Wildman–Crippen MR) is 92.7 cm³/mol. The lowest BCUT2D eigenvalue weighted by atomic mass is 9.93. The van der Waals surface area contributed by atoms with Crippen molar-refractivity contribution in [3.05, 3.63) is 27.8 Å². The fourth-order valence-electron chi connectivity index (χ4n) is 1.92. The Hall–Kier alpha value is -0.660. The summed E-state index contributed by atoms with van der Waals surface area (Å²) in [6, 6.07) is 7.80. The van der Waals surface area contributed by atoms with Crippen molar-refractivity contribution in [2.75, 3.05) is 31.5 Å². The van der Waals surface area contributed by atoms with Gasteiger partial charge in [0.05, 0.1) is 6.54 Å². The van der Waals surface area contributed by atoms with Crippen LogP contribution in [-0.4, -0.2) is 37.0 Å². The number of nitrogens with two attached hydrogens (primary N) is 1. The van der Waals surface area contributed by atoms with E-state index in [9.17, 15) is 4.79 Å². The normalized spacial score (nSPS) is 11.7. The van der Waals surface area contributed by atoms with E-state index in [0.29, 0.717) is 13.1 Å².